The second-order valence-corrected chi connectivity index (χ2v) is 7.85. The first-order chi connectivity index (χ1) is 15.5. The van der Waals surface area contributed by atoms with Crippen LogP contribution in [0.1, 0.15) is 28.3 Å². The molecule has 0 saturated carbocycles. The van der Waals surface area contributed by atoms with E-state index in [-0.39, 0.29) is 11.4 Å². The van der Waals surface area contributed by atoms with E-state index in [1.54, 1.807) is 11.7 Å². The lowest BCUT2D eigenvalue weighted by molar-refractivity contribution is 0.382. The van der Waals surface area contributed by atoms with Crippen molar-refractivity contribution in [2.24, 2.45) is 5.73 Å². The van der Waals surface area contributed by atoms with Crippen LogP contribution >= 0.6 is 0 Å². The van der Waals surface area contributed by atoms with Gasteiger partial charge in [-0.05, 0) is 43.0 Å². The number of pyridine rings is 1. The number of aryl methyl sites for hydroxylation is 2. The first kappa shape index (κ1) is 21.3. The molecule has 162 valence electrons. The van der Waals surface area contributed by atoms with Gasteiger partial charge in [0.05, 0.1) is 18.2 Å². The highest BCUT2D eigenvalue weighted by molar-refractivity contribution is 5.50. The zero-order chi connectivity index (χ0) is 22.7. The van der Waals surface area contributed by atoms with Crippen LogP contribution in [-0.2, 0) is 19.4 Å². The highest BCUT2D eigenvalue weighted by Crippen LogP contribution is 2.38. The van der Waals surface area contributed by atoms with Crippen molar-refractivity contribution in [1.82, 2.24) is 4.57 Å². The molecule has 1 aliphatic rings. The van der Waals surface area contributed by atoms with Gasteiger partial charge in [-0.2, -0.15) is 5.26 Å². The van der Waals surface area contributed by atoms with Gasteiger partial charge in [-0.1, -0.05) is 42.5 Å². The highest BCUT2D eigenvalue weighted by atomic mass is 16.5. The third-order valence-electron chi connectivity index (χ3n) is 5.88. The number of ether oxygens (including phenoxy) is 2. The summed E-state index contributed by atoms with van der Waals surface area (Å²) in [6.07, 6.45) is 1.19. The van der Waals surface area contributed by atoms with Crippen molar-refractivity contribution in [3.05, 3.63) is 105 Å². The molecule has 0 fully saturated rings. The van der Waals surface area contributed by atoms with E-state index in [4.69, 9.17) is 15.2 Å². The average Bonchev–Trinajstić information content (AvgIpc) is 2.80. The summed E-state index contributed by atoms with van der Waals surface area (Å²) in [5, 5.41) is 9.76. The Balaban J connectivity index is 1.71. The number of aromatic nitrogens is 1. The van der Waals surface area contributed by atoms with Crippen molar-refractivity contribution in [2.45, 2.75) is 32.2 Å². The molecule has 0 bridgehead atoms. The predicted molar refractivity (Wildman–Crippen MR) is 122 cm³/mol. The summed E-state index contributed by atoms with van der Waals surface area (Å²) in [7, 11) is 1.63. The summed E-state index contributed by atoms with van der Waals surface area (Å²) in [5.74, 6) is 0.845. The minimum atomic E-state index is -0.452. The van der Waals surface area contributed by atoms with Crippen molar-refractivity contribution in [2.75, 3.05) is 7.11 Å². The fourth-order valence-corrected chi connectivity index (χ4v) is 4.15. The third-order valence-corrected chi connectivity index (χ3v) is 5.88. The van der Waals surface area contributed by atoms with Crippen LogP contribution in [0.3, 0.4) is 0 Å². The van der Waals surface area contributed by atoms with E-state index in [9.17, 15) is 10.1 Å². The predicted octanol–water partition coefficient (Wildman–Crippen LogP) is 3.82. The maximum Gasteiger partial charge on any atom is 0.258 e. The van der Waals surface area contributed by atoms with Crippen LogP contribution < -0.4 is 20.8 Å². The van der Waals surface area contributed by atoms with E-state index in [1.165, 1.54) is 0 Å². The molecule has 0 radical (unpaired) electrons. The number of nitriles is 1. The number of nitrogens with zero attached hydrogens (tertiary/aromatic N) is 2. The fourth-order valence-electron chi connectivity index (χ4n) is 4.15. The molecule has 1 aliphatic heterocycles. The van der Waals surface area contributed by atoms with E-state index in [2.05, 4.69) is 6.07 Å². The van der Waals surface area contributed by atoms with Crippen molar-refractivity contribution >= 4 is 0 Å². The first-order valence-electron chi connectivity index (χ1n) is 10.5. The molecule has 32 heavy (non-hydrogen) atoms. The number of fused-ring (bicyclic) bond motifs is 1. The molecule has 2 N–H and O–H groups in total. The summed E-state index contributed by atoms with van der Waals surface area (Å²) in [5.41, 5.74) is 9.61. The molecule has 0 amide bonds. The highest BCUT2D eigenvalue weighted by Gasteiger charge is 2.33. The molecule has 1 aromatic heterocycles. The van der Waals surface area contributed by atoms with Crippen LogP contribution in [0.4, 0.5) is 0 Å². The van der Waals surface area contributed by atoms with Gasteiger partial charge in [-0.15, -0.1) is 0 Å². The van der Waals surface area contributed by atoms with E-state index in [1.807, 2.05) is 67.6 Å². The summed E-state index contributed by atoms with van der Waals surface area (Å²) >= 11 is 0. The molecule has 2 aromatic carbocycles. The summed E-state index contributed by atoms with van der Waals surface area (Å²) < 4.78 is 12.7. The Bertz CT molecular complexity index is 1250. The monoisotopic (exact) mass is 427 g/mol. The zero-order valence-electron chi connectivity index (χ0n) is 18.2. The largest absolute Gasteiger partial charge is 0.497 e. The van der Waals surface area contributed by atoms with Crippen LogP contribution in [0, 0.1) is 18.3 Å². The van der Waals surface area contributed by atoms with Crippen LogP contribution in [0.2, 0.25) is 0 Å². The van der Waals surface area contributed by atoms with Crippen LogP contribution in [-0.4, -0.2) is 11.7 Å². The maximum absolute atomic E-state index is 13.6. The van der Waals surface area contributed by atoms with E-state index >= 15 is 0 Å². The Labute approximate surface area is 187 Å². The lowest BCUT2D eigenvalue weighted by Gasteiger charge is -2.27. The minimum Gasteiger partial charge on any atom is -0.497 e. The molecule has 3 aromatic rings. The molecule has 6 heteroatoms. The van der Waals surface area contributed by atoms with Gasteiger partial charge in [0, 0.05) is 24.2 Å². The number of nitrogens with two attached hydrogens (primary N) is 1. The summed E-state index contributed by atoms with van der Waals surface area (Å²) in [6, 6.07) is 21.6. The Morgan fingerprint density at radius 2 is 1.84 bits per heavy atom. The molecule has 4 rings (SSSR count). The SMILES string of the molecule is COc1ccc(CCn2c(C)cc3c(c2=O)C(Cc2ccccc2)C(C#N)=C(N)O3)cc1. The van der Waals surface area contributed by atoms with Gasteiger partial charge in [0.25, 0.3) is 5.56 Å². The Morgan fingerprint density at radius 1 is 1.12 bits per heavy atom. The Morgan fingerprint density at radius 3 is 2.50 bits per heavy atom. The molecule has 1 atom stereocenters. The van der Waals surface area contributed by atoms with E-state index in [0.29, 0.717) is 36.3 Å². The lowest BCUT2D eigenvalue weighted by atomic mass is 9.85. The van der Waals surface area contributed by atoms with Gasteiger partial charge in [0.2, 0.25) is 5.88 Å². The van der Waals surface area contributed by atoms with Crippen LogP contribution in [0.15, 0.2) is 76.9 Å². The van der Waals surface area contributed by atoms with Crippen molar-refractivity contribution in [3.63, 3.8) is 0 Å². The molecular formula is C26H25N3O3. The van der Waals surface area contributed by atoms with Crippen LogP contribution in [0.25, 0.3) is 0 Å². The van der Waals surface area contributed by atoms with Gasteiger partial charge in [0.15, 0.2) is 0 Å². The topological polar surface area (TPSA) is 90.3 Å². The van der Waals surface area contributed by atoms with Gasteiger partial charge < -0.3 is 19.8 Å². The Hall–Kier alpha value is -3.98. The van der Waals surface area contributed by atoms with E-state index in [0.717, 1.165) is 22.6 Å². The molecule has 0 aliphatic carbocycles. The minimum absolute atomic E-state index is 0.0655. The molecule has 0 saturated heterocycles. The fraction of sp³-hybridized carbons (Fsp3) is 0.231. The first-order valence-corrected chi connectivity index (χ1v) is 10.5. The number of hydrogen-bond donors (Lipinski definition) is 1. The second-order valence-electron chi connectivity index (χ2n) is 7.85. The van der Waals surface area contributed by atoms with Gasteiger partial charge >= 0.3 is 0 Å². The third kappa shape index (κ3) is 4.10. The number of allylic oxidation sites excluding steroid dienone is 1. The lowest BCUT2D eigenvalue weighted by Crippen LogP contribution is -2.33. The number of rotatable bonds is 6. The summed E-state index contributed by atoms with van der Waals surface area (Å²) in [4.78, 5) is 13.6. The zero-order valence-corrected chi connectivity index (χ0v) is 18.2. The quantitative estimate of drug-likeness (QED) is 0.646. The van der Waals surface area contributed by atoms with Crippen molar-refractivity contribution in [3.8, 4) is 17.6 Å². The summed E-state index contributed by atoms with van der Waals surface area (Å²) in [6.45, 7) is 2.40. The normalized spacial score (nSPS) is 15.0. The molecule has 0 spiro atoms. The van der Waals surface area contributed by atoms with Crippen LogP contribution in [0.5, 0.6) is 11.5 Å². The smallest absolute Gasteiger partial charge is 0.258 e. The average molecular weight is 428 g/mol. The number of hydrogen-bond acceptors (Lipinski definition) is 5. The van der Waals surface area contributed by atoms with Gasteiger partial charge in [0.1, 0.15) is 17.6 Å². The van der Waals surface area contributed by atoms with Crippen molar-refractivity contribution in [1.29, 1.82) is 5.26 Å². The standard InChI is InChI=1S/C26H25N3O3/c1-17-14-23-24(26(30)29(17)13-12-18-8-10-20(31-2)11-9-18)21(22(16-27)25(28)32-23)15-19-6-4-3-5-7-19/h3-11,14,21H,12-13,15,28H2,1-2H3. The molecular weight excluding hydrogens is 402 g/mol. The number of benzene rings is 2. The maximum atomic E-state index is 13.6. The van der Waals surface area contributed by atoms with Gasteiger partial charge in [-0.3, -0.25) is 4.79 Å². The number of methoxy groups -OCH3 is 1. The van der Waals surface area contributed by atoms with Crippen molar-refractivity contribution < 1.29 is 9.47 Å². The second kappa shape index (κ2) is 9.03. The van der Waals surface area contributed by atoms with Gasteiger partial charge in [-0.25, -0.2) is 0 Å². The molecule has 1 unspecified atom stereocenters. The molecule has 6 nitrogen and oxygen atoms in total. The molecule has 2 heterocycles. The Kier molecular flexibility index (Phi) is 6.00. The van der Waals surface area contributed by atoms with E-state index < -0.39 is 5.92 Å².